The predicted molar refractivity (Wildman–Crippen MR) is 51.2 cm³/mol. The number of guanidine groups is 2. The van der Waals surface area contributed by atoms with E-state index in [-0.39, 0.29) is 24.4 Å². The first-order chi connectivity index (χ1) is 6.13. The molecular weight excluding hydrogens is 172 g/mol. The highest BCUT2D eigenvalue weighted by molar-refractivity contribution is 6.05. The topological polar surface area (TPSA) is 118 Å². The van der Waals surface area contributed by atoms with Gasteiger partial charge in [-0.3, -0.25) is 25.4 Å². The largest absolute Gasteiger partial charge is 0.370 e. The molecule has 13 heavy (non-hydrogen) atoms. The van der Waals surface area contributed by atoms with E-state index in [1.165, 1.54) is 14.1 Å². The van der Waals surface area contributed by atoms with E-state index in [4.69, 9.17) is 11.5 Å². The fraction of sp³-hybridized carbons (Fsp3) is 0.500. The van der Waals surface area contributed by atoms with Crippen LogP contribution < -0.4 is 22.1 Å². The number of amides is 1. The second-order valence-electron chi connectivity index (χ2n) is 2.06. The highest BCUT2D eigenvalue weighted by Crippen LogP contribution is 1.68. The van der Waals surface area contributed by atoms with Gasteiger partial charge in [-0.2, -0.15) is 0 Å². The minimum Gasteiger partial charge on any atom is -0.370 e. The summed E-state index contributed by atoms with van der Waals surface area (Å²) in [6.45, 7) is -0.107. The van der Waals surface area contributed by atoms with Crippen molar-refractivity contribution in [2.24, 2.45) is 21.5 Å². The lowest BCUT2D eigenvalue weighted by Crippen LogP contribution is -2.48. The molecule has 0 heterocycles. The molecule has 0 aliphatic heterocycles. The quantitative estimate of drug-likeness (QED) is 0.269. The summed E-state index contributed by atoms with van der Waals surface area (Å²) in [5.41, 5.74) is 10.4. The molecule has 0 bridgehead atoms. The van der Waals surface area contributed by atoms with Gasteiger partial charge in [0.1, 0.15) is 0 Å². The highest BCUT2D eigenvalue weighted by atomic mass is 16.2. The molecule has 0 rings (SSSR count). The molecular formula is C6H14N6O. The molecule has 0 aliphatic carbocycles. The first-order valence-corrected chi connectivity index (χ1v) is 3.60. The van der Waals surface area contributed by atoms with Crippen LogP contribution in [0.5, 0.6) is 0 Å². The van der Waals surface area contributed by atoms with Gasteiger partial charge in [-0.1, -0.05) is 0 Å². The van der Waals surface area contributed by atoms with E-state index < -0.39 is 0 Å². The van der Waals surface area contributed by atoms with E-state index in [9.17, 15) is 4.79 Å². The Balaban J connectivity index is 4.14. The van der Waals surface area contributed by atoms with Crippen molar-refractivity contribution in [2.75, 3.05) is 20.6 Å². The number of rotatable bonds is 1. The summed E-state index contributed by atoms with van der Waals surface area (Å²) in [4.78, 5) is 18.2. The Labute approximate surface area is 76.3 Å². The lowest BCUT2D eigenvalue weighted by atomic mass is 10.6. The molecule has 6 N–H and O–H groups in total. The van der Waals surface area contributed by atoms with Crippen molar-refractivity contribution in [3.05, 3.63) is 0 Å². The van der Waals surface area contributed by atoms with Crippen LogP contribution in [0.1, 0.15) is 0 Å². The summed E-state index contributed by atoms with van der Waals surface area (Å²) in [6, 6.07) is 0. The molecule has 0 aromatic heterocycles. The van der Waals surface area contributed by atoms with Gasteiger partial charge in [0, 0.05) is 14.1 Å². The number of carbonyl (C=O) groups is 1. The van der Waals surface area contributed by atoms with Crippen molar-refractivity contribution in [3.63, 3.8) is 0 Å². The molecule has 0 radical (unpaired) electrons. The zero-order chi connectivity index (χ0) is 10.3. The highest BCUT2D eigenvalue weighted by Gasteiger charge is 2.03. The number of aliphatic imine (C=N–C) groups is 2. The third-order valence-electron chi connectivity index (χ3n) is 1.15. The number of carbonyl (C=O) groups excluding carboxylic acids is 1. The van der Waals surface area contributed by atoms with Crippen LogP contribution in [0.15, 0.2) is 9.98 Å². The summed E-state index contributed by atoms with van der Waals surface area (Å²) in [7, 11) is 3.02. The Morgan fingerprint density at radius 1 is 1.31 bits per heavy atom. The van der Waals surface area contributed by atoms with E-state index in [2.05, 4.69) is 20.6 Å². The van der Waals surface area contributed by atoms with Crippen molar-refractivity contribution in [3.8, 4) is 0 Å². The molecule has 74 valence electrons. The molecule has 0 fully saturated rings. The van der Waals surface area contributed by atoms with Crippen molar-refractivity contribution in [1.29, 1.82) is 0 Å². The number of hydrogen-bond donors (Lipinski definition) is 4. The van der Waals surface area contributed by atoms with Crippen LogP contribution in [0, 0.1) is 0 Å². The third kappa shape index (κ3) is 4.75. The molecule has 0 aliphatic rings. The summed E-state index contributed by atoms with van der Waals surface area (Å²) in [5.74, 6) is 0.0356. The minimum atomic E-state index is -0.350. The van der Waals surface area contributed by atoms with E-state index >= 15 is 0 Å². The van der Waals surface area contributed by atoms with Crippen molar-refractivity contribution >= 4 is 17.8 Å². The molecule has 0 unspecified atom stereocenters. The Hall–Kier alpha value is -1.63. The maximum Gasteiger partial charge on any atom is 0.240 e. The average molecular weight is 186 g/mol. The van der Waals surface area contributed by atoms with Gasteiger partial charge in [0.15, 0.2) is 5.96 Å². The van der Waals surface area contributed by atoms with Gasteiger partial charge in [-0.05, 0) is 0 Å². The minimum absolute atomic E-state index is 0.107. The van der Waals surface area contributed by atoms with E-state index in [0.29, 0.717) is 0 Å². The first kappa shape index (κ1) is 11.4. The molecule has 0 spiro atoms. The average Bonchev–Trinajstić information content (AvgIpc) is 2.16. The van der Waals surface area contributed by atoms with Crippen LogP contribution in [0.25, 0.3) is 0 Å². The molecule has 7 heteroatoms. The maximum atomic E-state index is 10.8. The van der Waals surface area contributed by atoms with E-state index in [1.807, 2.05) is 0 Å². The van der Waals surface area contributed by atoms with Crippen LogP contribution in [0.3, 0.4) is 0 Å². The molecule has 0 aromatic carbocycles. The Morgan fingerprint density at radius 2 is 1.92 bits per heavy atom. The van der Waals surface area contributed by atoms with Crippen LogP contribution in [0.4, 0.5) is 0 Å². The SMILES string of the molecule is CN=C(N)NC(=NC)NC(=O)CN. The van der Waals surface area contributed by atoms with Crippen LogP contribution >= 0.6 is 0 Å². The van der Waals surface area contributed by atoms with Crippen LogP contribution in [-0.4, -0.2) is 38.5 Å². The lowest BCUT2D eigenvalue weighted by molar-refractivity contribution is -0.118. The van der Waals surface area contributed by atoms with Crippen LogP contribution in [-0.2, 0) is 4.79 Å². The van der Waals surface area contributed by atoms with Crippen LogP contribution in [0.2, 0.25) is 0 Å². The molecule has 0 atom stereocenters. The normalized spacial score (nSPS) is 12.5. The lowest BCUT2D eigenvalue weighted by Gasteiger charge is -2.08. The van der Waals surface area contributed by atoms with Gasteiger partial charge >= 0.3 is 0 Å². The Bertz CT molecular complexity index is 233. The van der Waals surface area contributed by atoms with Gasteiger partial charge < -0.3 is 11.5 Å². The van der Waals surface area contributed by atoms with Crippen molar-refractivity contribution in [2.45, 2.75) is 0 Å². The Morgan fingerprint density at radius 3 is 2.31 bits per heavy atom. The molecule has 0 saturated carbocycles. The van der Waals surface area contributed by atoms with Crippen molar-refractivity contribution in [1.82, 2.24) is 10.6 Å². The zero-order valence-electron chi connectivity index (χ0n) is 7.66. The van der Waals surface area contributed by atoms with Gasteiger partial charge in [0.25, 0.3) is 0 Å². The number of hydrogen-bond acceptors (Lipinski definition) is 4. The standard InChI is InChI=1S/C6H14N6O/c1-9-5(8)12-6(10-2)11-4(13)3-7/h3,7H2,1-2H3,(H4,8,9,10,11,12,13). The number of nitrogens with one attached hydrogen (secondary N) is 2. The Kier molecular flexibility index (Phi) is 5.20. The smallest absolute Gasteiger partial charge is 0.240 e. The van der Waals surface area contributed by atoms with Gasteiger partial charge in [0.05, 0.1) is 6.54 Å². The molecule has 0 aromatic rings. The fourth-order valence-electron chi connectivity index (χ4n) is 0.503. The van der Waals surface area contributed by atoms with Gasteiger partial charge in [0.2, 0.25) is 11.9 Å². The molecule has 7 nitrogen and oxygen atoms in total. The summed E-state index contributed by atoms with van der Waals surface area (Å²) in [6.07, 6.45) is 0. The van der Waals surface area contributed by atoms with Crippen molar-refractivity contribution < 1.29 is 4.79 Å². The summed E-state index contributed by atoms with van der Waals surface area (Å²) < 4.78 is 0. The summed E-state index contributed by atoms with van der Waals surface area (Å²) in [5, 5.41) is 4.97. The van der Waals surface area contributed by atoms with Gasteiger partial charge in [-0.25, -0.2) is 0 Å². The second kappa shape index (κ2) is 5.95. The second-order valence-corrected chi connectivity index (χ2v) is 2.06. The van der Waals surface area contributed by atoms with E-state index in [1.54, 1.807) is 0 Å². The number of nitrogens with two attached hydrogens (primary N) is 2. The molecule has 1 amide bonds. The van der Waals surface area contributed by atoms with Gasteiger partial charge in [-0.15, -0.1) is 0 Å². The van der Waals surface area contributed by atoms with E-state index in [0.717, 1.165) is 0 Å². The zero-order valence-corrected chi connectivity index (χ0v) is 7.66. The maximum absolute atomic E-state index is 10.8. The number of nitrogens with zero attached hydrogens (tertiary/aromatic N) is 2. The molecule has 0 saturated heterocycles. The predicted octanol–water partition coefficient (Wildman–Crippen LogP) is -2.42. The summed E-state index contributed by atoms with van der Waals surface area (Å²) >= 11 is 0. The monoisotopic (exact) mass is 186 g/mol. The third-order valence-corrected chi connectivity index (χ3v) is 1.15. The fourth-order valence-corrected chi connectivity index (χ4v) is 0.503. The first-order valence-electron chi connectivity index (χ1n) is 3.60.